The molecule has 3 heteroatoms. The average molecular weight is 269 g/mol. The Bertz CT molecular complexity index is 322. The summed E-state index contributed by atoms with van der Waals surface area (Å²) in [6.45, 7) is 14.6. The van der Waals surface area contributed by atoms with Gasteiger partial charge in [-0.15, -0.1) is 0 Å². The monoisotopic (exact) mass is 269 g/mol. The van der Waals surface area contributed by atoms with Crippen LogP contribution >= 0.6 is 15.4 Å². The van der Waals surface area contributed by atoms with E-state index in [9.17, 15) is 0 Å². The highest BCUT2D eigenvalue weighted by molar-refractivity contribution is 8.38. The van der Waals surface area contributed by atoms with Crippen LogP contribution in [0.25, 0.3) is 0 Å². The highest BCUT2D eigenvalue weighted by Gasteiger charge is 2.19. The van der Waals surface area contributed by atoms with Gasteiger partial charge in [-0.2, -0.15) is 0 Å². The molecule has 0 aliphatic rings. The molecule has 0 nitrogen and oxygen atoms in total. The third-order valence-electron chi connectivity index (χ3n) is 2.04. The van der Waals surface area contributed by atoms with Crippen LogP contribution in [0.4, 0.5) is 0 Å². The maximum atomic E-state index is 2.47. The van der Waals surface area contributed by atoms with Crippen LogP contribution in [0.15, 0.2) is 30.3 Å². The van der Waals surface area contributed by atoms with Crippen LogP contribution in [0.2, 0.25) is 19.6 Å². The molecule has 1 unspecified atom stereocenters. The zero-order valence-corrected chi connectivity index (χ0v) is 14.1. The molecule has 1 aromatic carbocycles. The lowest BCUT2D eigenvalue weighted by molar-refractivity contribution is 0.796. The molecule has 0 N–H and O–H groups in total. The van der Waals surface area contributed by atoms with Crippen molar-refractivity contribution < 1.29 is 0 Å². The van der Waals surface area contributed by atoms with E-state index in [-0.39, 0.29) is 7.61 Å². The molecule has 1 atom stereocenters. The largest absolute Gasteiger partial charge is 0.503 e. The van der Waals surface area contributed by atoms with E-state index in [1.54, 1.807) is 13.1 Å². The van der Waals surface area contributed by atoms with E-state index >= 15 is 0 Å². The smallest absolute Gasteiger partial charge is 0.0410 e. The Kier molecular flexibility index (Phi) is 4.75. The van der Waals surface area contributed by atoms with Gasteiger partial charge < -0.3 is 7.82 Å². The maximum absolute atomic E-state index is 2.47. The lowest BCUT2D eigenvalue weighted by atomic mass is 10.3. The molecular formula is C13H23P2Si-. The molecule has 0 bridgehead atoms. The van der Waals surface area contributed by atoms with Crippen LogP contribution in [-0.2, 0) is 0 Å². The summed E-state index contributed by atoms with van der Waals surface area (Å²) in [6.07, 6.45) is 0. The normalized spacial score (nSPS) is 15.6. The summed E-state index contributed by atoms with van der Waals surface area (Å²) in [5, 5.41) is 1.98. The number of benzene rings is 1. The fourth-order valence-electron chi connectivity index (χ4n) is 1.46. The van der Waals surface area contributed by atoms with Gasteiger partial charge in [0.15, 0.2) is 0 Å². The second-order valence-electron chi connectivity index (χ2n) is 6.09. The Morgan fingerprint density at radius 2 is 1.50 bits per heavy atom. The lowest BCUT2D eigenvalue weighted by Gasteiger charge is -2.49. The van der Waals surface area contributed by atoms with E-state index in [4.69, 9.17) is 0 Å². The molecule has 90 valence electrons. The van der Waals surface area contributed by atoms with Crippen LogP contribution < -0.4 is 5.30 Å². The van der Waals surface area contributed by atoms with Crippen LogP contribution in [0.3, 0.4) is 0 Å². The average Bonchev–Trinajstić information content (AvgIpc) is 2.13. The molecule has 0 fully saturated rings. The predicted octanol–water partition coefficient (Wildman–Crippen LogP) is 5.29. The van der Waals surface area contributed by atoms with Crippen LogP contribution in [0, 0.1) is 0 Å². The summed E-state index contributed by atoms with van der Waals surface area (Å²) >= 11 is 0. The molecule has 0 amide bonds. The molecular weight excluding hydrogens is 246 g/mol. The van der Waals surface area contributed by atoms with Crippen LogP contribution in [0.1, 0.15) is 20.8 Å². The summed E-state index contributed by atoms with van der Waals surface area (Å²) < 4.78 is 0. The molecule has 1 rings (SSSR count). The van der Waals surface area contributed by atoms with E-state index < -0.39 is 7.74 Å². The summed E-state index contributed by atoms with van der Waals surface area (Å²) in [5.74, 6) is 0. The van der Waals surface area contributed by atoms with Gasteiger partial charge in [-0.05, 0) is 5.16 Å². The lowest BCUT2D eigenvalue weighted by Crippen LogP contribution is -2.21. The summed E-state index contributed by atoms with van der Waals surface area (Å²) in [5.41, 5.74) is 0. The maximum Gasteiger partial charge on any atom is -0.0410 e. The molecule has 0 saturated heterocycles. The van der Waals surface area contributed by atoms with Crippen LogP contribution in [0.5, 0.6) is 0 Å². The third-order valence-corrected chi connectivity index (χ3v) is 17.0. The second-order valence-corrected chi connectivity index (χ2v) is 20.7. The van der Waals surface area contributed by atoms with Gasteiger partial charge in [-0.25, -0.2) is 7.61 Å². The van der Waals surface area contributed by atoms with Crippen molar-refractivity contribution in [3.8, 4) is 0 Å². The highest BCUT2D eigenvalue weighted by Crippen LogP contribution is 2.66. The third kappa shape index (κ3) is 4.66. The van der Waals surface area contributed by atoms with Gasteiger partial charge in [0.05, 0.1) is 0 Å². The van der Waals surface area contributed by atoms with E-state index in [2.05, 4.69) is 70.7 Å². The molecule has 16 heavy (non-hydrogen) atoms. The molecule has 0 aliphatic carbocycles. The zero-order valence-electron chi connectivity index (χ0n) is 11.3. The molecule has 0 aliphatic heterocycles. The minimum atomic E-state index is -1.01. The first kappa shape index (κ1) is 14.4. The van der Waals surface area contributed by atoms with E-state index in [0.29, 0.717) is 5.16 Å². The standard InChI is InChI=1S/C13H23P2Si/c1-13(2,3)15(14-16(4,5)6)12-10-8-7-9-11-12/h7-11H,1-6H3/q-1. The van der Waals surface area contributed by atoms with Crippen molar-refractivity contribution in [3.63, 3.8) is 0 Å². The van der Waals surface area contributed by atoms with Crippen molar-refractivity contribution in [2.45, 2.75) is 45.6 Å². The van der Waals surface area contributed by atoms with Gasteiger partial charge >= 0.3 is 0 Å². The quantitative estimate of drug-likeness (QED) is 0.516. The van der Waals surface area contributed by atoms with Gasteiger partial charge in [0, 0.05) is 0 Å². The van der Waals surface area contributed by atoms with Crippen molar-refractivity contribution in [3.05, 3.63) is 30.3 Å². The summed E-state index contributed by atoms with van der Waals surface area (Å²) in [7, 11) is 0.653. The van der Waals surface area contributed by atoms with Gasteiger partial charge in [-0.1, -0.05) is 83.8 Å². The SMILES string of the molecule is CC(C)(C)P([P-][Si](C)(C)C)c1ccccc1. The number of hydrogen-bond acceptors (Lipinski definition) is 0. The van der Waals surface area contributed by atoms with E-state index in [1.165, 1.54) is 0 Å². The Labute approximate surface area is 105 Å². The van der Waals surface area contributed by atoms with Gasteiger partial charge in [-0.3, -0.25) is 0 Å². The molecule has 1 aromatic rings. The first-order valence-corrected chi connectivity index (χ1v) is 13.1. The molecule has 0 spiro atoms. The fraction of sp³-hybridized carbons (Fsp3) is 0.538. The Hall–Kier alpha value is 0.297. The molecule has 0 radical (unpaired) electrons. The van der Waals surface area contributed by atoms with Gasteiger partial charge in [0.1, 0.15) is 0 Å². The molecule has 0 saturated carbocycles. The number of hydrogen-bond donors (Lipinski definition) is 0. The Balaban J connectivity index is 2.98. The first-order chi connectivity index (χ1) is 7.20. The van der Waals surface area contributed by atoms with Crippen molar-refractivity contribution >= 4 is 28.5 Å². The topological polar surface area (TPSA) is 0 Å². The minimum absolute atomic E-state index is 0.0509. The predicted molar refractivity (Wildman–Crippen MR) is 83.0 cm³/mol. The van der Waals surface area contributed by atoms with Gasteiger partial charge in [0.25, 0.3) is 0 Å². The van der Waals surface area contributed by atoms with E-state index in [1.807, 2.05) is 0 Å². The van der Waals surface area contributed by atoms with E-state index in [0.717, 1.165) is 0 Å². The first-order valence-electron chi connectivity index (χ1n) is 5.78. The van der Waals surface area contributed by atoms with Crippen LogP contribution in [-0.4, -0.2) is 12.9 Å². The Morgan fingerprint density at radius 3 is 1.88 bits per heavy atom. The second kappa shape index (κ2) is 5.30. The fourth-order valence-corrected chi connectivity index (χ4v) is 16.3. The summed E-state index contributed by atoms with van der Waals surface area (Å²) in [4.78, 5) is 0. The van der Waals surface area contributed by atoms with Crippen molar-refractivity contribution in [2.24, 2.45) is 0 Å². The van der Waals surface area contributed by atoms with Crippen molar-refractivity contribution in [1.82, 2.24) is 0 Å². The molecule has 0 aromatic heterocycles. The zero-order chi connectivity index (χ0) is 12.4. The summed E-state index contributed by atoms with van der Waals surface area (Å²) in [6, 6.07) is 11.1. The Morgan fingerprint density at radius 1 is 1.00 bits per heavy atom. The van der Waals surface area contributed by atoms with Crippen molar-refractivity contribution in [1.29, 1.82) is 0 Å². The minimum Gasteiger partial charge on any atom is -0.503 e. The van der Waals surface area contributed by atoms with Crippen molar-refractivity contribution in [2.75, 3.05) is 0 Å². The van der Waals surface area contributed by atoms with Gasteiger partial charge in [0.2, 0.25) is 0 Å². The highest BCUT2D eigenvalue weighted by atomic mass is 32.2. The number of rotatable bonds is 3. The molecule has 0 heterocycles.